The molecule has 2 heterocycles. The molecular weight excluding hydrogens is 302 g/mol. The van der Waals surface area contributed by atoms with Crippen molar-refractivity contribution in [1.82, 2.24) is 14.9 Å². The number of hydrogen-bond donors (Lipinski definition) is 0. The van der Waals surface area contributed by atoms with Gasteiger partial charge in [0.1, 0.15) is 0 Å². The van der Waals surface area contributed by atoms with Crippen molar-refractivity contribution < 1.29 is 9.53 Å². The third-order valence-electron chi connectivity index (χ3n) is 4.88. The molecule has 0 radical (unpaired) electrons. The first-order valence-electron chi connectivity index (χ1n) is 8.63. The van der Waals surface area contributed by atoms with Gasteiger partial charge in [-0.1, -0.05) is 0 Å². The summed E-state index contributed by atoms with van der Waals surface area (Å²) in [4.78, 5) is 23.5. The van der Waals surface area contributed by atoms with Gasteiger partial charge in [0.25, 0.3) is 5.91 Å². The van der Waals surface area contributed by atoms with Gasteiger partial charge in [-0.15, -0.1) is 0 Å². The van der Waals surface area contributed by atoms with Crippen molar-refractivity contribution in [1.29, 1.82) is 0 Å². The highest BCUT2D eigenvalue weighted by Gasteiger charge is 2.17. The maximum Gasteiger partial charge on any atom is 0.253 e. The van der Waals surface area contributed by atoms with Crippen LogP contribution in [0.2, 0.25) is 0 Å². The first kappa shape index (κ1) is 16.8. The molecule has 128 valence electrons. The molecule has 1 saturated heterocycles. The maximum absolute atomic E-state index is 12.7. The van der Waals surface area contributed by atoms with E-state index >= 15 is 0 Å². The number of hydrogen-bond acceptors (Lipinski definition) is 4. The molecule has 24 heavy (non-hydrogen) atoms. The fourth-order valence-electron chi connectivity index (χ4n) is 3.10. The molecule has 0 N–H and O–H groups in total. The van der Waals surface area contributed by atoms with Gasteiger partial charge in [0, 0.05) is 32.4 Å². The van der Waals surface area contributed by atoms with Crippen LogP contribution in [-0.2, 0) is 4.74 Å². The molecule has 0 bridgehead atoms. The Morgan fingerprint density at radius 1 is 1.17 bits per heavy atom. The number of carbonyl (C=O) groups excluding carboxylic acids is 1. The summed E-state index contributed by atoms with van der Waals surface area (Å²) in [6, 6.07) is 5.58. The van der Waals surface area contributed by atoms with Crippen LogP contribution in [0.25, 0.3) is 11.0 Å². The summed E-state index contributed by atoms with van der Waals surface area (Å²) in [7, 11) is 1.87. The second-order valence-corrected chi connectivity index (χ2v) is 6.67. The zero-order valence-corrected chi connectivity index (χ0v) is 14.7. The lowest BCUT2D eigenvalue weighted by Crippen LogP contribution is -2.30. The van der Waals surface area contributed by atoms with Crippen molar-refractivity contribution in [2.45, 2.75) is 33.1 Å². The first-order valence-corrected chi connectivity index (χ1v) is 8.63. The largest absolute Gasteiger partial charge is 0.381 e. The summed E-state index contributed by atoms with van der Waals surface area (Å²) in [6.07, 6.45) is 3.25. The minimum atomic E-state index is 0.0454. The molecule has 5 nitrogen and oxygen atoms in total. The Kier molecular flexibility index (Phi) is 5.09. The van der Waals surface area contributed by atoms with E-state index in [2.05, 4.69) is 9.97 Å². The number of aromatic nitrogens is 2. The Morgan fingerprint density at radius 3 is 2.54 bits per heavy atom. The van der Waals surface area contributed by atoms with Gasteiger partial charge in [0.2, 0.25) is 0 Å². The van der Waals surface area contributed by atoms with E-state index in [0.717, 1.165) is 61.4 Å². The molecule has 0 saturated carbocycles. The van der Waals surface area contributed by atoms with E-state index in [1.807, 2.05) is 44.0 Å². The Labute approximate surface area is 143 Å². The highest BCUT2D eigenvalue weighted by atomic mass is 16.5. The van der Waals surface area contributed by atoms with Gasteiger partial charge in [-0.05, 0) is 57.2 Å². The molecule has 0 spiro atoms. The van der Waals surface area contributed by atoms with Gasteiger partial charge in [-0.2, -0.15) is 0 Å². The first-order chi connectivity index (χ1) is 11.5. The lowest BCUT2D eigenvalue weighted by Gasteiger charge is -2.25. The number of amides is 1. The van der Waals surface area contributed by atoms with Crippen LogP contribution in [-0.4, -0.2) is 47.6 Å². The van der Waals surface area contributed by atoms with E-state index in [4.69, 9.17) is 4.74 Å². The topological polar surface area (TPSA) is 55.3 Å². The van der Waals surface area contributed by atoms with Gasteiger partial charge < -0.3 is 9.64 Å². The number of carbonyl (C=O) groups is 1. The van der Waals surface area contributed by atoms with Crippen LogP contribution in [0.15, 0.2) is 18.2 Å². The third-order valence-corrected chi connectivity index (χ3v) is 4.88. The molecule has 0 atom stereocenters. The Hall–Kier alpha value is -2.01. The summed E-state index contributed by atoms with van der Waals surface area (Å²) >= 11 is 0. The number of ether oxygens (including phenoxy) is 1. The van der Waals surface area contributed by atoms with Crippen LogP contribution in [0, 0.1) is 19.8 Å². The fourth-order valence-corrected chi connectivity index (χ4v) is 3.10. The monoisotopic (exact) mass is 327 g/mol. The lowest BCUT2D eigenvalue weighted by molar-refractivity contribution is 0.0583. The van der Waals surface area contributed by atoms with Crippen molar-refractivity contribution in [3.8, 4) is 0 Å². The SMILES string of the molecule is Cc1nc2ccc(C(=O)N(C)CCC3CCOCC3)cc2nc1C. The number of aryl methyl sites for hydroxylation is 2. The molecular formula is C19H25N3O2. The zero-order valence-electron chi connectivity index (χ0n) is 14.7. The van der Waals surface area contributed by atoms with E-state index in [1.54, 1.807) is 0 Å². The highest BCUT2D eigenvalue weighted by molar-refractivity contribution is 5.97. The summed E-state index contributed by atoms with van der Waals surface area (Å²) in [5.74, 6) is 0.714. The van der Waals surface area contributed by atoms with Gasteiger partial charge in [0.05, 0.1) is 22.4 Å². The van der Waals surface area contributed by atoms with Crippen LogP contribution in [0.5, 0.6) is 0 Å². The molecule has 1 amide bonds. The van der Waals surface area contributed by atoms with E-state index < -0.39 is 0 Å². The van der Waals surface area contributed by atoms with Crippen LogP contribution in [0.1, 0.15) is 41.0 Å². The van der Waals surface area contributed by atoms with Crippen molar-refractivity contribution in [3.05, 3.63) is 35.2 Å². The summed E-state index contributed by atoms with van der Waals surface area (Å²) in [5, 5.41) is 0. The minimum absolute atomic E-state index is 0.0454. The number of nitrogens with zero attached hydrogens (tertiary/aromatic N) is 3. The van der Waals surface area contributed by atoms with Crippen molar-refractivity contribution in [3.63, 3.8) is 0 Å². The average molecular weight is 327 g/mol. The van der Waals surface area contributed by atoms with Crippen molar-refractivity contribution >= 4 is 16.9 Å². The lowest BCUT2D eigenvalue weighted by atomic mass is 9.96. The summed E-state index contributed by atoms with van der Waals surface area (Å²) < 4.78 is 5.39. The average Bonchev–Trinajstić information content (AvgIpc) is 2.60. The number of fused-ring (bicyclic) bond motifs is 1. The van der Waals surface area contributed by atoms with Gasteiger partial charge in [0.15, 0.2) is 0 Å². The van der Waals surface area contributed by atoms with E-state index in [-0.39, 0.29) is 5.91 Å². The second-order valence-electron chi connectivity index (χ2n) is 6.67. The highest BCUT2D eigenvalue weighted by Crippen LogP contribution is 2.20. The van der Waals surface area contributed by atoms with Gasteiger partial charge in [-0.25, -0.2) is 9.97 Å². The van der Waals surface area contributed by atoms with Crippen LogP contribution < -0.4 is 0 Å². The molecule has 3 rings (SSSR count). The molecule has 5 heteroatoms. The van der Waals surface area contributed by atoms with E-state index in [9.17, 15) is 4.79 Å². The summed E-state index contributed by atoms with van der Waals surface area (Å²) in [5.41, 5.74) is 4.12. The Morgan fingerprint density at radius 2 is 1.83 bits per heavy atom. The zero-order chi connectivity index (χ0) is 17.1. The molecule has 1 fully saturated rings. The number of benzene rings is 1. The van der Waals surface area contributed by atoms with Gasteiger partial charge in [-0.3, -0.25) is 4.79 Å². The quantitative estimate of drug-likeness (QED) is 0.866. The van der Waals surface area contributed by atoms with E-state index in [1.165, 1.54) is 0 Å². The molecule has 2 aromatic rings. The van der Waals surface area contributed by atoms with Crippen LogP contribution in [0.3, 0.4) is 0 Å². The smallest absolute Gasteiger partial charge is 0.253 e. The Bertz CT molecular complexity index is 739. The fraction of sp³-hybridized carbons (Fsp3) is 0.526. The summed E-state index contributed by atoms with van der Waals surface area (Å²) in [6.45, 7) is 6.37. The molecule has 0 aliphatic carbocycles. The van der Waals surface area contributed by atoms with E-state index in [0.29, 0.717) is 11.5 Å². The van der Waals surface area contributed by atoms with Crippen LogP contribution >= 0.6 is 0 Å². The predicted molar refractivity (Wildman–Crippen MR) is 94.1 cm³/mol. The molecule has 1 aliphatic heterocycles. The molecule has 0 unspecified atom stereocenters. The predicted octanol–water partition coefficient (Wildman–Crippen LogP) is 3.14. The van der Waals surface area contributed by atoms with Gasteiger partial charge >= 0.3 is 0 Å². The third kappa shape index (κ3) is 3.73. The second kappa shape index (κ2) is 7.26. The van der Waals surface area contributed by atoms with Crippen LogP contribution in [0.4, 0.5) is 0 Å². The number of rotatable bonds is 4. The minimum Gasteiger partial charge on any atom is -0.381 e. The normalized spacial score (nSPS) is 15.6. The molecule has 1 aliphatic rings. The maximum atomic E-state index is 12.7. The Balaban J connectivity index is 1.69. The molecule has 1 aromatic carbocycles. The van der Waals surface area contributed by atoms with Crippen molar-refractivity contribution in [2.75, 3.05) is 26.8 Å². The standard InChI is InChI=1S/C19H25N3O2/c1-13-14(2)21-18-12-16(4-5-17(18)20-13)19(23)22(3)9-6-15-7-10-24-11-8-15/h4-5,12,15H,6-11H2,1-3H3. The van der Waals surface area contributed by atoms with Crippen molar-refractivity contribution in [2.24, 2.45) is 5.92 Å². The molecule has 1 aromatic heterocycles.